The van der Waals surface area contributed by atoms with Gasteiger partial charge < -0.3 is 24.2 Å². The van der Waals surface area contributed by atoms with Crippen LogP contribution in [0.2, 0.25) is 0 Å². The molecule has 5 rings (SSSR count). The average molecular weight is 507 g/mol. The van der Waals surface area contributed by atoms with Crippen LogP contribution in [0.15, 0.2) is 42.7 Å². The molecular formula is C28H34N4O5. The van der Waals surface area contributed by atoms with E-state index in [1.807, 2.05) is 21.9 Å². The van der Waals surface area contributed by atoms with E-state index in [2.05, 4.69) is 4.98 Å². The first-order valence-electron chi connectivity index (χ1n) is 12.8. The Morgan fingerprint density at radius 2 is 1.76 bits per heavy atom. The van der Waals surface area contributed by atoms with Crippen molar-refractivity contribution < 1.29 is 23.9 Å². The number of hydrogen-bond donors (Lipinski definition) is 0. The van der Waals surface area contributed by atoms with Gasteiger partial charge in [0.05, 0.1) is 31.7 Å². The maximum absolute atomic E-state index is 13.7. The minimum absolute atomic E-state index is 0.00319. The van der Waals surface area contributed by atoms with Crippen LogP contribution in [-0.4, -0.2) is 84.9 Å². The lowest BCUT2D eigenvalue weighted by Gasteiger charge is -2.39. The number of pyridine rings is 1. The molecule has 3 fully saturated rings. The number of ether oxygens (including phenoxy) is 2. The maximum Gasteiger partial charge on any atom is 0.257 e. The van der Waals surface area contributed by atoms with Gasteiger partial charge in [-0.05, 0) is 54.5 Å². The van der Waals surface area contributed by atoms with Gasteiger partial charge in [-0.25, -0.2) is 0 Å². The van der Waals surface area contributed by atoms with Gasteiger partial charge in [0.25, 0.3) is 5.91 Å². The van der Waals surface area contributed by atoms with Crippen LogP contribution in [0.1, 0.15) is 47.6 Å². The third-order valence-corrected chi connectivity index (χ3v) is 8.43. The second kappa shape index (κ2) is 10.0. The Balaban J connectivity index is 1.25. The molecule has 3 saturated heterocycles. The second-order valence-electron chi connectivity index (χ2n) is 10.4. The van der Waals surface area contributed by atoms with Crippen molar-refractivity contribution in [1.29, 1.82) is 0 Å². The summed E-state index contributed by atoms with van der Waals surface area (Å²) in [7, 11) is 4.90. The van der Waals surface area contributed by atoms with Crippen molar-refractivity contribution in [3.05, 3.63) is 53.9 Å². The van der Waals surface area contributed by atoms with Gasteiger partial charge in [-0.15, -0.1) is 0 Å². The van der Waals surface area contributed by atoms with Crippen molar-refractivity contribution in [2.45, 2.75) is 31.7 Å². The molecule has 0 bridgehead atoms. The fraction of sp³-hybridized carbons (Fsp3) is 0.500. The van der Waals surface area contributed by atoms with Crippen LogP contribution in [0.5, 0.6) is 11.5 Å². The van der Waals surface area contributed by atoms with Crippen LogP contribution in [-0.2, 0) is 9.59 Å². The van der Waals surface area contributed by atoms with Crippen LogP contribution < -0.4 is 9.47 Å². The predicted molar refractivity (Wildman–Crippen MR) is 136 cm³/mol. The molecule has 3 aliphatic heterocycles. The fourth-order valence-electron chi connectivity index (χ4n) is 6.20. The van der Waals surface area contributed by atoms with Crippen LogP contribution >= 0.6 is 0 Å². The lowest BCUT2D eigenvalue weighted by atomic mass is 9.77. The molecule has 0 saturated carbocycles. The Labute approximate surface area is 217 Å². The summed E-state index contributed by atoms with van der Waals surface area (Å²) in [6.07, 6.45) is 6.26. The van der Waals surface area contributed by atoms with E-state index in [1.54, 1.807) is 56.8 Å². The van der Waals surface area contributed by atoms with Crippen molar-refractivity contribution in [1.82, 2.24) is 19.7 Å². The molecule has 0 N–H and O–H groups in total. The zero-order valence-electron chi connectivity index (χ0n) is 21.7. The van der Waals surface area contributed by atoms with Gasteiger partial charge in [-0.1, -0.05) is 6.07 Å². The molecule has 0 radical (unpaired) electrons. The van der Waals surface area contributed by atoms with Gasteiger partial charge in [-0.2, -0.15) is 0 Å². The molecule has 37 heavy (non-hydrogen) atoms. The molecule has 9 heteroatoms. The minimum Gasteiger partial charge on any atom is -0.497 e. The predicted octanol–water partition coefficient (Wildman–Crippen LogP) is 2.77. The first-order valence-corrected chi connectivity index (χ1v) is 12.8. The lowest BCUT2D eigenvalue weighted by Crippen LogP contribution is -2.45. The van der Waals surface area contributed by atoms with Gasteiger partial charge in [0.15, 0.2) is 0 Å². The molecule has 2 unspecified atom stereocenters. The highest BCUT2D eigenvalue weighted by molar-refractivity contribution is 5.97. The minimum atomic E-state index is -0.404. The molecule has 3 aliphatic rings. The topological polar surface area (TPSA) is 92.3 Å². The zero-order valence-corrected chi connectivity index (χ0v) is 21.7. The number of piperidine rings is 1. The summed E-state index contributed by atoms with van der Waals surface area (Å²) in [5, 5.41) is 0. The molecule has 196 valence electrons. The van der Waals surface area contributed by atoms with E-state index >= 15 is 0 Å². The number of hydrogen-bond acceptors (Lipinski definition) is 6. The Morgan fingerprint density at radius 1 is 1.03 bits per heavy atom. The Hall–Kier alpha value is -3.62. The molecule has 4 heterocycles. The van der Waals surface area contributed by atoms with Crippen molar-refractivity contribution in [2.24, 2.45) is 11.3 Å². The number of carbonyl (C=O) groups excluding carboxylic acids is 3. The monoisotopic (exact) mass is 506 g/mol. The molecule has 1 aromatic heterocycles. The van der Waals surface area contributed by atoms with Crippen LogP contribution in [0.25, 0.3) is 0 Å². The number of nitrogens with zero attached hydrogens (tertiary/aromatic N) is 4. The maximum atomic E-state index is 13.7. The third-order valence-electron chi connectivity index (χ3n) is 8.43. The molecule has 2 aromatic rings. The summed E-state index contributed by atoms with van der Waals surface area (Å²) in [5.41, 5.74) is 1.39. The average Bonchev–Trinajstić information content (AvgIpc) is 3.48. The fourth-order valence-corrected chi connectivity index (χ4v) is 6.20. The van der Waals surface area contributed by atoms with E-state index < -0.39 is 5.92 Å². The van der Waals surface area contributed by atoms with Gasteiger partial charge in [0.2, 0.25) is 11.8 Å². The van der Waals surface area contributed by atoms with E-state index in [9.17, 15) is 14.4 Å². The van der Waals surface area contributed by atoms with Crippen LogP contribution in [0.3, 0.4) is 0 Å². The highest BCUT2D eigenvalue weighted by Gasteiger charge is 2.48. The summed E-state index contributed by atoms with van der Waals surface area (Å²) in [6.45, 7) is 2.61. The Bertz CT molecular complexity index is 1180. The summed E-state index contributed by atoms with van der Waals surface area (Å²) in [5.74, 6) is 0.706. The van der Waals surface area contributed by atoms with E-state index in [0.717, 1.165) is 24.8 Å². The summed E-state index contributed by atoms with van der Waals surface area (Å²) in [6, 6.07) is 8.74. The molecule has 9 nitrogen and oxygen atoms in total. The number of benzene rings is 1. The number of likely N-dealkylation sites (tertiary alicyclic amines) is 3. The largest absolute Gasteiger partial charge is 0.497 e. The normalized spacial score (nSPS) is 23.0. The van der Waals surface area contributed by atoms with Gasteiger partial charge >= 0.3 is 0 Å². The SMILES string of the molecule is COc1ccc(OC)c(C(=O)N2CCC3(CC2)CCN(C(=O)C2CC(=O)N(C)C2c2cccnc2)C3)c1. The highest BCUT2D eigenvalue weighted by Crippen LogP contribution is 2.44. The number of methoxy groups -OCH3 is 2. The molecular weight excluding hydrogens is 472 g/mol. The molecule has 1 spiro atoms. The molecule has 1 aromatic carbocycles. The molecule has 2 atom stereocenters. The van der Waals surface area contributed by atoms with E-state index in [4.69, 9.17) is 9.47 Å². The van der Waals surface area contributed by atoms with Crippen molar-refractivity contribution >= 4 is 17.7 Å². The molecule has 3 amide bonds. The van der Waals surface area contributed by atoms with Crippen molar-refractivity contribution in [2.75, 3.05) is 47.4 Å². The Morgan fingerprint density at radius 3 is 2.41 bits per heavy atom. The Kier molecular flexibility index (Phi) is 6.79. The van der Waals surface area contributed by atoms with Crippen LogP contribution in [0.4, 0.5) is 0 Å². The van der Waals surface area contributed by atoms with Gasteiger partial charge in [0, 0.05) is 52.0 Å². The standard InChI is InChI=1S/C28H34N4O5/c1-30-24(33)16-22(25(30)19-5-4-11-29-17-19)27(35)32-14-10-28(18-32)8-12-31(13-9-28)26(34)21-15-20(36-2)6-7-23(21)37-3/h4-7,11,15,17,22,25H,8-10,12-14,16,18H2,1-3H3. The zero-order chi connectivity index (χ0) is 26.2. The van der Waals surface area contributed by atoms with Gasteiger partial charge in [-0.3, -0.25) is 19.4 Å². The van der Waals surface area contributed by atoms with Crippen molar-refractivity contribution in [3.63, 3.8) is 0 Å². The summed E-state index contributed by atoms with van der Waals surface area (Å²) < 4.78 is 10.7. The molecule has 0 aliphatic carbocycles. The number of carbonyl (C=O) groups is 3. The van der Waals surface area contributed by atoms with E-state index in [1.165, 1.54) is 0 Å². The number of rotatable bonds is 5. The third kappa shape index (κ3) is 4.63. The lowest BCUT2D eigenvalue weighted by molar-refractivity contribution is -0.136. The van der Waals surface area contributed by atoms with Crippen molar-refractivity contribution in [3.8, 4) is 11.5 Å². The first-order chi connectivity index (χ1) is 17.9. The number of aromatic nitrogens is 1. The van der Waals surface area contributed by atoms with E-state index in [-0.39, 0.29) is 35.6 Å². The van der Waals surface area contributed by atoms with Crippen LogP contribution in [0, 0.1) is 11.3 Å². The smallest absolute Gasteiger partial charge is 0.257 e. The second-order valence-corrected chi connectivity index (χ2v) is 10.4. The quantitative estimate of drug-likeness (QED) is 0.619. The summed E-state index contributed by atoms with van der Waals surface area (Å²) in [4.78, 5) is 49.3. The number of amides is 3. The first kappa shape index (κ1) is 25.0. The summed E-state index contributed by atoms with van der Waals surface area (Å²) >= 11 is 0. The highest BCUT2D eigenvalue weighted by atomic mass is 16.5. The van der Waals surface area contributed by atoms with Gasteiger partial charge in [0.1, 0.15) is 11.5 Å². The van der Waals surface area contributed by atoms with E-state index in [0.29, 0.717) is 43.2 Å².